The summed E-state index contributed by atoms with van der Waals surface area (Å²) in [6, 6.07) is -0.248. The van der Waals surface area contributed by atoms with Crippen molar-refractivity contribution in [3.05, 3.63) is 22.2 Å². The molecule has 0 atom stereocenters. The van der Waals surface area contributed by atoms with E-state index in [-0.39, 0.29) is 12.1 Å². The molecule has 0 saturated carbocycles. The minimum Gasteiger partial charge on any atom is -0.214 e. The van der Waals surface area contributed by atoms with Gasteiger partial charge in [-0.2, -0.15) is 26.3 Å². The lowest BCUT2D eigenvalue weighted by Gasteiger charge is -2.13. The average Bonchev–Trinajstić information content (AvgIpc) is 2.28. The lowest BCUT2D eigenvalue weighted by molar-refractivity contribution is -0.0438. The van der Waals surface area contributed by atoms with Crippen LogP contribution in [-0.4, -0.2) is 27.9 Å². The Morgan fingerprint density at radius 1 is 0.773 bits per heavy atom. The average molecular weight is 411 g/mol. The van der Waals surface area contributed by atoms with Crippen LogP contribution in [0.5, 0.6) is 0 Å². The molecule has 0 saturated heterocycles. The monoisotopic (exact) mass is 410 g/mol. The fraction of sp³-hybridized carbons (Fsp3) is 0.250. The lowest BCUT2D eigenvalue weighted by Crippen LogP contribution is -2.26. The summed E-state index contributed by atoms with van der Waals surface area (Å²) in [4.78, 5) is -3.67. The highest BCUT2D eigenvalue weighted by Gasteiger charge is 2.51. The van der Waals surface area contributed by atoms with E-state index < -0.39 is 50.5 Å². The van der Waals surface area contributed by atoms with Crippen LogP contribution in [0.4, 0.5) is 26.3 Å². The molecule has 0 fully saturated rings. The van der Waals surface area contributed by atoms with Gasteiger partial charge in [0.05, 0.1) is 19.8 Å². The molecule has 0 aliphatic heterocycles. The molecule has 0 aliphatic carbocycles. The predicted molar refractivity (Wildman–Crippen MR) is 62.9 cm³/mol. The Morgan fingerprint density at radius 2 is 1.18 bits per heavy atom. The van der Waals surface area contributed by atoms with E-state index in [2.05, 4.69) is 0 Å². The molecule has 14 heteroatoms. The molecule has 1 rings (SSSR count). The van der Waals surface area contributed by atoms with E-state index in [1.54, 1.807) is 0 Å². The topological polar surface area (TPSA) is 68.3 Å². The molecule has 4 nitrogen and oxygen atoms in total. The van der Waals surface area contributed by atoms with E-state index in [0.29, 0.717) is 0 Å². The quantitative estimate of drug-likeness (QED) is 0.698. The fourth-order valence-electron chi connectivity index (χ4n) is 1.15. The van der Waals surface area contributed by atoms with Gasteiger partial charge in [-0.3, -0.25) is 0 Å². The minimum atomic E-state index is -6.21. The van der Waals surface area contributed by atoms with Crippen molar-refractivity contribution < 1.29 is 43.2 Å². The number of rotatable bonds is 2. The van der Waals surface area contributed by atoms with Gasteiger partial charge in [0.1, 0.15) is 0 Å². The van der Waals surface area contributed by atoms with E-state index >= 15 is 0 Å². The van der Waals surface area contributed by atoms with Gasteiger partial charge in [0.25, 0.3) is 19.7 Å². The van der Waals surface area contributed by atoms with Crippen LogP contribution >= 0.6 is 23.2 Å². The SMILES string of the molecule is O=S(=O)(c1cc(Cl)c(Cl)c(S(=O)(=O)C(F)(F)F)c1)C(F)(F)F. The van der Waals surface area contributed by atoms with Crippen LogP contribution in [0.2, 0.25) is 10.0 Å². The maximum Gasteiger partial charge on any atom is 0.501 e. The zero-order chi connectivity index (χ0) is 17.7. The van der Waals surface area contributed by atoms with Gasteiger partial charge in [-0.1, -0.05) is 23.2 Å². The van der Waals surface area contributed by atoms with Crippen molar-refractivity contribution in [3.8, 4) is 0 Å². The first-order valence-corrected chi connectivity index (χ1v) is 8.37. The zero-order valence-electron chi connectivity index (χ0n) is 9.63. The maximum atomic E-state index is 12.4. The molecule has 126 valence electrons. The standard InChI is InChI=1S/C8H2Cl2F6O4S2/c9-4-1-3(21(17,18)7(11,12)13)2-5(6(4)10)22(19,20)8(14,15)16/h1-2H. The van der Waals surface area contributed by atoms with Crippen molar-refractivity contribution in [3.63, 3.8) is 0 Å². The Hall–Kier alpha value is -0.720. The molecule has 0 bridgehead atoms. The Balaban J connectivity index is 3.82. The largest absolute Gasteiger partial charge is 0.501 e. The Morgan fingerprint density at radius 3 is 1.55 bits per heavy atom. The number of alkyl halides is 6. The van der Waals surface area contributed by atoms with Crippen molar-refractivity contribution in [1.82, 2.24) is 0 Å². The smallest absolute Gasteiger partial charge is 0.214 e. The van der Waals surface area contributed by atoms with Crippen molar-refractivity contribution in [1.29, 1.82) is 0 Å². The van der Waals surface area contributed by atoms with Crippen molar-refractivity contribution in [2.75, 3.05) is 0 Å². The third-order valence-electron chi connectivity index (χ3n) is 2.18. The van der Waals surface area contributed by atoms with Crippen molar-refractivity contribution in [2.45, 2.75) is 20.8 Å². The second-order valence-electron chi connectivity index (χ2n) is 3.62. The first-order valence-electron chi connectivity index (χ1n) is 4.65. The van der Waals surface area contributed by atoms with Gasteiger partial charge in [-0.25, -0.2) is 16.8 Å². The Labute approximate surface area is 129 Å². The molecule has 0 spiro atoms. The first-order chi connectivity index (χ1) is 9.53. The van der Waals surface area contributed by atoms with Gasteiger partial charge in [0.2, 0.25) is 0 Å². The summed E-state index contributed by atoms with van der Waals surface area (Å²) in [5.41, 5.74) is -11.8. The summed E-state index contributed by atoms with van der Waals surface area (Å²) in [5.74, 6) is 0. The van der Waals surface area contributed by atoms with Crippen LogP contribution in [0.1, 0.15) is 0 Å². The number of hydrogen-bond donors (Lipinski definition) is 0. The third-order valence-corrected chi connectivity index (χ3v) is 6.07. The molecule has 0 aromatic heterocycles. The molecule has 0 aliphatic rings. The summed E-state index contributed by atoms with van der Waals surface area (Å²) < 4.78 is 119. The van der Waals surface area contributed by atoms with Gasteiger partial charge in [0, 0.05) is 0 Å². The van der Waals surface area contributed by atoms with E-state index in [4.69, 9.17) is 23.2 Å². The van der Waals surface area contributed by atoms with Crippen LogP contribution < -0.4 is 0 Å². The van der Waals surface area contributed by atoms with Crippen LogP contribution in [0.25, 0.3) is 0 Å². The molecule has 22 heavy (non-hydrogen) atoms. The highest BCUT2D eigenvalue weighted by molar-refractivity contribution is 7.93. The number of halogens is 8. The second-order valence-corrected chi connectivity index (χ2v) is 8.25. The number of benzene rings is 1. The Kier molecular flexibility index (Phi) is 4.77. The normalized spacial score (nSPS) is 14.2. The highest BCUT2D eigenvalue weighted by atomic mass is 35.5. The van der Waals surface area contributed by atoms with Crippen LogP contribution in [0.3, 0.4) is 0 Å². The summed E-state index contributed by atoms with van der Waals surface area (Å²) in [5, 5.41) is -2.35. The number of sulfone groups is 2. The van der Waals surface area contributed by atoms with E-state index in [1.165, 1.54) is 0 Å². The molecule has 0 amide bonds. The van der Waals surface area contributed by atoms with Gasteiger partial charge in [-0.15, -0.1) is 0 Å². The maximum absolute atomic E-state index is 12.4. The molecule has 0 heterocycles. The molecule has 1 aromatic rings. The zero-order valence-corrected chi connectivity index (χ0v) is 12.8. The van der Waals surface area contributed by atoms with E-state index in [9.17, 15) is 43.2 Å². The predicted octanol–water partition coefficient (Wildman–Crippen LogP) is 3.58. The van der Waals surface area contributed by atoms with E-state index in [0.717, 1.165) is 0 Å². The summed E-state index contributed by atoms with van der Waals surface area (Å²) in [6.07, 6.45) is 0. The first kappa shape index (κ1) is 19.3. The van der Waals surface area contributed by atoms with Gasteiger partial charge < -0.3 is 0 Å². The summed E-state index contributed by atoms with van der Waals surface area (Å²) >= 11 is 10.5. The van der Waals surface area contributed by atoms with Gasteiger partial charge >= 0.3 is 11.0 Å². The molecule has 0 N–H and O–H groups in total. The molecular weight excluding hydrogens is 409 g/mol. The van der Waals surface area contributed by atoms with Crippen LogP contribution in [0, 0.1) is 0 Å². The van der Waals surface area contributed by atoms with Crippen LogP contribution in [-0.2, 0) is 19.7 Å². The lowest BCUT2D eigenvalue weighted by atomic mass is 10.3. The second kappa shape index (κ2) is 5.42. The molecular formula is C8H2Cl2F6O4S2. The summed E-state index contributed by atoms with van der Waals surface area (Å²) in [7, 11) is -12.3. The number of hydrogen-bond acceptors (Lipinski definition) is 4. The van der Waals surface area contributed by atoms with E-state index in [1.807, 2.05) is 0 Å². The third kappa shape index (κ3) is 3.14. The fourth-order valence-corrected chi connectivity index (χ4v) is 3.67. The van der Waals surface area contributed by atoms with Gasteiger partial charge in [-0.05, 0) is 12.1 Å². The van der Waals surface area contributed by atoms with Crippen LogP contribution in [0.15, 0.2) is 21.9 Å². The minimum absolute atomic E-state index is 0.0993. The highest BCUT2D eigenvalue weighted by Crippen LogP contribution is 2.41. The summed E-state index contributed by atoms with van der Waals surface area (Å²) in [6.45, 7) is 0. The molecule has 0 radical (unpaired) electrons. The van der Waals surface area contributed by atoms with Crippen molar-refractivity contribution >= 4 is 42.9 Å². The molecule has 0 unspecified atom stereocenters. The van der Waals surface area contributed by atoms with Gasteiger partial charge in [0.15, 0.2) is 0 Å². The van der Waals surface area contributed by atoms with Crippen molar-refractivity contribution in [2.24, 2.45) is 0 Å². The Bertz CT molecular complexity index is 810. The molecule has 1 aromatic carbocycles.